The fraction of sp³-hybridized carbons (Fsp3) is 0.667. The van der Waals surface area contributed by atoms with Crippen molar-refractivity contribution in [3.05, 3.63) is 12.3 Å². The van der Waals surface area contributed by atoms with Crippen LogP contribution in [0, 0.1) is 0 Å². The van der Waals surface area contributed by atoms with Gasteiger partial charge in [0.25, 0.3) is 0 Å². The maximum Gasteiger partial charge on any atom is 0.0276 e. The summed E-state index contributed by atoms with van der Waals surface area (Å²) >= 11 is 0. The minimum Gasteiger partial charge on any atom is -0.297 e. The van der Waals surface area contributed by atoms with E-state index in [4.69, 9.17) is 0 Å². The van der Waals surface area contributed by atoms with Crippen LogP contribution in [0.3, 0.4) is 0 Å². The van der Waals surface area contributed by atoms with Crippen LogP contribution in [0.25, 0.3) is 0 Å². The van der Waals surface area contributed by atoms with Crippen molar-refractivity contribution in [3.63, 3.8) is 0 Å². The Morgan fingerprint density at radius 3 is 2.71 bits per heavy atom. The SMILES string of the molecule is CCCC=C[N]C. The predicted molar refractivity (Wildman–Crippen MR) is 32.1 cm³/mol. The maximum atomic E-state index is 3.79. The first-order valence-electron chi connectivity index (χ1n) is 2.65. The van der Waals surface area contributed by atoms with Gasteiger partial charge in [0.05, 0.1) is 0 Å². The molecule has 0 aromatic rings. The maximum absolute atomic E-state index is 3.79. The van der Waals surface area contributed by atoms with Gasteiger partial charge in [-0.2, -0.15) is 0 Å². The normalized spacial score (nSPS) is 10.0. The average molecular weight is 98.2 g/mol. The summed E-state index contributed by atoms with van der Waals surface area (Å²) in [6.45, 7) is 2.15. The lowest BCUT2D eigenvalue weighted by Crippen LogP contribution is -1.78. The van der Waals surface area contributed by atoms with E-state index in [9.17, 15) is 0 Å². The zero-order valence-electron chi connectivity index (χ0n) is 5.02. The van der Waals surface area contributed by atoms with E-state index in [0.29, 0.717) is 0 Å². The Bertz CT molecular complexity index is 48.1. The summed E-state index contributed by atoms with van der Waals surface area (Å²) in [6.07, 6.45) is 6.27. The summed E-state index contributed by atoms with van der Waals surface area (Å²) < 4.78 is 0. The molecule has 0 atom stereocenters. The molecule has 0 amide bonds. The van der Waals surface area contributed by atoms with Crippen LogP contribution in [-0.4, -0.2) is 7.05 Å². The minimum absolute atomic E-state index is 1.15. The van der Waals surface area contributed by atoms with Gasteiger partial charge in [0.1, 0.15) is 0 Å². The molecule has 7 heavy (non-hydrogen) atoms. The third kappa shape index (κ3) is 5.54. The van der Waals surface area contributed by atoms with E-state index in [1.165, 1.54) is 6.42 Å². The van der Waals surface area contributed by atoms with Crippen LogP contribution in [-0.2, 0) is 0 Å². The topological polar surface area (TPSA) is 14.1 Å². The molecule has 0 saturated carbocycles. The van der Waals surface area contributed by atoms with Crippen molar-refractivity contribution in [1.29, 1.82) is 0 Å². The lowest BCUT2D eigenvalue weighted by Gasteiger charge is -1.80. The first-order chi connectivity index (χ1) is 3.41. The third-order valence-corrected chi connectivity index (χ3v) is 0.710. The summed E-state index contributed by atoms with van der Waals surface area (Å²) in [5.41, 5.74) is 0. The largest absolute Gasteiger partial charge is 0.297 e. The van der Waals surface area contributed by atoms with Crippen LogP contribution in [0.1, 0.15) is 19.8 Å². The first-order valence-corrected chi connectivity index (χ1v) is 2.65. The van der Waals surface area contributed by atoms with Crippen LogP contribution in [0.5, 0.6) is 0 Å². The summed E-state index contributed by atoms with van der Waals surface area (Å²) in [4.78, 5) is 0. The number of nitrogens with zero attached hydrogens (tertiary/aromatic N) is 1. The van der Waals surface area contributed by atoms with Gasteiger partial charge in [-0.3, -0.25) is 5.32 Å². The van der Waals surface area contributed by atoms with Gasteiger partial charge in [0, 0.05) is 13.2 Å². The van der Waals surface area contributed by atoms with E-state index in [-0.39, 0.29) is 0 Å². The lowest BCUT2D eigenvalue weighted by atomic mass is 10.3. The second-order valence-electron chi connectivity index (χ2n) is 1.43. The van der Waals surface area contributed by atoms with Gasteiger partial charge in [0.15, 0.2) is 0 Å². The van der Waals surface area contributed by atoms with Crippen LogP contribution in [0.15, 0.2) is 12.3 Å². The van der Waals surface area contributed by atoms with Gasteiger partial charge in [-0.1, -0.05) is 19.4 Å². The summed E-state index contributed by atoms with van der Waals surface area (Å²) in [7, 11) is 1.78. The van der Waals surface area contributed by atoms with Gasteiger partial charge >= 0.3 is 0 Å². The van der Waals surface area contributed by atoms with Crippen molar-refractivity contribution in [3.8, 4) is 0 Å². The molecule has 0 rings (SSSR count). The summed E-state index contributed by atoms with van der Waals surface area (Å²) in [5, 5.41) is 3.79. The second-order valence-corrected chi connectivity index (χ2v) is 1.43. The lowest BCUT2D eigenvalue weighted by molar-refractivity contribution is 0.940. The Hall–Kier alpha value is -0.460. The first kappa shape index (κ1) is 6.54. The Morgan fingerprint density at radius 2 is 2.29 bits per heavy atom. The second kappa shape index (κ2) is 5.54. The fourth-order valence-electron chi connectivity index (χ4n) is 0.347. The van der Waals surface area contributed by atoms with E-state index >= 15 is 0 Å². The van der Waals surface area contributed by atoms with Crippen molar-refractivity contribution in [1.82, 2.24) is 5.32 Å². The van der Waals surface area contributed by atoms with E-state index in [2.05, 4.69) is 18.3 Å². The quantitative estimate of drug-likeness (QED) is 0.508. The monoisotopic (exact) mass is 98.1 g/mol. The Morgan fingerprint density at radius 1 is 1.57 bits per heavy atom. The van der Waals surface area contributed by atoms with E-state index in [1.54, 1.807) is 7.05 Å². The summed E-state index contributed by atoms with van der Waals surface area (Å²) in [6, 6.07) is 0. The molecule has 0 unspecified atom stereocenters. The number of rotatable bonds is 3. The third-order valence-electron chi connectivity index (χ3n) is 0.710. The highest BCUT2D eigenvalue weighted by atomic mass is 14.8. The standard InChI is InChI=1S/C6H12N/c1-3-4-5-6-7-2/h5-6H,3-4H2,1-2H3. The number of hydrogen-bond donors (Lipinski definition) is 0. The highest BCUT2D eigenvalue weighted by Crippen LogP contribution is 1.85. The number of allylic oxidation sites excluding steroid dienone is 1. The molecule has 0 bridgehead atoms. The molecular weight excluding hydrogens is 86.1 g/mol. The van der Waals surface area contributed by atoms with Crippen molar-refractivity contribution >= 4 is 0 Å². The molecular formula is C6H12N. The molecule has 0 spiro atoms. The average Bonchev–Trinajstić information content (AvgIpc) is 1.69. The molecule has 0 fully saturated rings. The minimum atomic E-state index is 1.15. The molecule has 41 valence electrons. The van der Waals surface area contributed by atoms with Crippen LogP contribution in [0.4, 0.5) is 0 Å². The van der Waals surface area contributed by atoms with Crippen LogP contribution < -0.4 is 5.32 Å². The zero-order chi connectivity index (χ0) is 5.54. The van der Waals surface area contributed by atoms with E-state index in [1.807, 2.05) is 6.20 Å². The number of unbranched alkanes of at least 4 members (excludes halogenated alkanes) is 1. The van der Waals surface area contributed by atoms with Crippen LogP contribution >= 0.6 is 0 Å². The van der Waals surface area contributed by atoms with Gasteiger partial charge < -0.3 is 0 Å². The fourth-order valence-corrected chi connectivity index (χ4v) is 0.347. The summed E-state index contributed by atoms with van der Waals surface area (Å²) in [5.74, 6) is 0. The van der Waals surface area contributed by atoms with Crippen molar-refractivity contribution in [2.75, 3.05) is 7.05 Å². The molecule has 1 nitrogen and oxygen atoms in total. The van der Waals surface area contributed by atoms with Gasteiger partial charge in [-0.25, -0.2) is 0 Å². The Balaban J connectivity index is 2.78. The molecule has 0 saturated heterocycles. The van der Waals surface area contributed by atoms with Crippen molar-refractivity contribution in [2.24, 2.45) is 0 Å². The molecule has 1 radical (unpaired) electrons. The van der Waals surface area contributed by atoms with E-state index < -0.39 is 0 Å². The van der Waals surface area contributed by atoms with Gasteiger partial charge in [0.2, 0.25) is 0 Å². The molecule has 0 heterocycles. The van der Waals surface area contributed by atoms with Crippen LogP contribution in [0.2, 0.25) is 0 Å². The predicted octanol–water partition coefficient (Wildman–Crippen LogP) is 1.53. The molecule has 0 aromatic heterocycles. The molecule has 0 aromatic carbocycles. The Labute approximate surface area is 45.4 Å². The molecule has 1 heteroatoms. The van der Waals surface area contributed by atoms with Gasteiger partial charge in [-0.15, -0.1) is 0 Å². The Kier molecular flexibility index (Phi) is 5.18. The zero-order valence-corrected chi connectivity index (χ0v) is 5.02. The highest BCUT2D eigenvalue weighted by Gasteiger charge is 1.68. The van der Waals surface area contributed by atoms with Crippen molar-refractivity contribution < 1.29 is 0 Å². The van der Waals surface area contributed by atoms with Crippen molar-refractivity contribution in [2.45, 2.75) is 19.8 Å². The molecule has 0 aliphatic rings. The molecule has 0 aliphatic carbocycles. The smallest absolute Gasteiger partial charge is 0.0276 e. The molecule has 0 N–H and O–H groups in total. The van der Waals surface area contributed by atoms with E-state index in [0.717, 1.165) is 6.42 Å². The number of hydrogen-bond acceptors (Lipinski definition) is 0. The van der Waals surface area contributed by atoms with Gasteiger partial charge in [-0.05, 0) is 6.42 Å². The highest BCUT2D eigenvalue weighted by molar-refractivity contribution is 4.76. The molecule has 0 aliphatic heterocycles.